The summed E-state index contributed by atoms with van der Waals surface area (Å²) in [6.07, 6.45) is 0.714. The molecule has 0 radical (unpaired) electrons. The smallest absolute Gasteiger partial charge is 0.253 e. The van der Waals surface area contributed by atoms with E-state index in [1.54, 1.807) is 29.5 Å². The standard InChI is InChI=1S/C37H45ClN10O4S/c1-21(23-6-8-24(9-7-23)31-22(2)41-20-53-31)42-35(51)28-16-26(49)19-48(28)36(52)32(37(3,4)5)43-34(50)25-10-11-30(40-18-25)47-14-12-46(13-15-47)27-17-29(38)44-45-33(27)39/h6-11,17-18,20-21,26,28,32,49H,12-16,19H2,1-5H3,(H2,39,45)(H,42,51)(H,43,50)/t21-,26?,28-,32+/m0/s1. The van der Waals surface area contributed by atoms with E-state index in [-0.39, 0.29) is 30.1 Å². The third-order valence-corrected chi connectivity index (χ3v) is 10.9. The monoisotopic (exact) mass is 760 g/mol. The first-order valence-corrected chi connectivity index (χ1v) is 18.8. The van der Waals surface area contributed by atoms with Crippen molar-refractivity contribution in [3.8, 4) is 10.4 Å². The van der Waals surface area contributed by atoms with Gasteiger partial charge in [-0.3, -0.25) is 14.4 Å². The molecule has 2 aliphatic rings. The van der Waals surface area contributed by atoms with E-state index in [1.165, 1.54) is 11.1 Å². The number of nitrogen functional groups attached to an aromatic ring is 1. The average Bonchev–Trinajstić information content (AvgIpc) is 3.76. The van der Waals surface area contributed by atoms with Crippen LogP contribution in [0.3, 0.4) is 0 Å². The van der Waals surface area contributed by atoms with Gasteiger partial charge < -0.3 is 36.2 Å². The number of hydrogen-bond donors (Lipinski definition) is 4. The maximum Gasteiger partial charge on any atom is 0.253 e. The number of hydrogen-bond acceptors (Lipinski definition) is 12. The zero-order valence-corrected chi connectivity index (χ0v) is 32.0. The number of carbonyl (C=O) groups excluding carboxylic acids is 3. The third kappa shape index (κ3) is 8.53. The number of thiazole rings is 1. The van der Waals surface area contributed by atoms with E-state index in [4.69, 9.17) is 17.3 Å². The van der Waals surface area contributed by atoms with E-state index in [2.05, 4.69) is 40.6 Å². The van der Waals surface area contributed by atoms with Crippen molar-refractivity contribution in [2.24, 2.45) is 5.41 Å². The van der Waals surface area contributed by atoms with Gasteiger partial charge in [-0.15, -0.1) is 21.5 Å². The molecule has 14 nitrogen and oxygen atoms in total. The molecule has 0 spiro atoms. The minimum atomic E-state index is -0.980. The fourth-order valence-corrected chi connectivity index (χ4v) is 7.69. The molecule has 4 atom stereocenters. The lowest BCUT2D eigenvalue weighted by Crippen LogP contribution is -2.57. The van der Waals surface area contributed by atoms with Gasteiger partial charge in [0, 0.05) is 51.4 Å². The zero-order valence-electron chi connectivity index (χ0n) is 30.4. The molecule has 0 bridgehead atoms. The second kappa shape index (κ2) is 15.6. The highest BCUT2D eigenvalue weighted by Crippen LogP contribution is 2.30. The van der Waals surface area contributed by atoms with Gasteiger partial charge in [-0.1, -0.05) is 56.6 Å². The molecular weight excluding hydrogens is 716 g/mol. The summed E-state index contributed by atoms with van der Waals surface area (Å²) in [4.78, 5) is 56.9. The Morgan fingerprint density at radius 3 is 2.32 bits per heavy atom. The molecule has 0 aliphatic carbocycles. The second-order valence-corrected chi connectivity index (χ2v) is 15.8. The number of aryl methyl sites for hydroxylation is 1. The predicted molar refractivity (Wildman–Crippen MR) is 206 cm³/mol. The van der Waals surface area contributed by atoms with Crippen LogP contribution in [-0.4, -0.2) is 98.8 Å². The average molecular weight is 761 g/mol. The van der Waals surface area contributed by atoms with E-state index in [0.717, 1.165) is 27.4 Å². The number of pyridine rings is 1. The number of aliphatic hydroxyl groups is 1. The second-order valence-electron chi connectivity index (χ2n) is 14.6. The number of piperazine rings is 1. The molecule has 2 aliphatic heterocycles. The lowest BCUT2D eigenvalue weighted by atomic mass is 9.85. The highest BCUT2D eigenvalue weighted by molar-refractivity contribution is 7.13. The first-order chi connectivity index (χ1) is 25.2. The topological polar surface area (TPSA) is 183 Å². The van der Waals surface area contributed by atoms with Crippen molar-refractivity contribution in [3.05, 3.63) is 76.1 Å². The molecule has 6 rings (SSSR count). The Kier molecular flexibility index (Phi) is 11.2. The van der Waals surface area contributed by atoms with Crippen LogP contribution in [0.25, 0.3) is 10.4 Å². The molecular formula is C37H45ClN10O4S. The van der Waals surface area contributed by atoms with Crippen molar-refractivity contribution in [3.63, 3.8) is 0 Å². The van der Waals surface area contributed by atoms with Gasteiger partial charge >= 0.3 is 0 Å². The Morgan fingerprint density at radius 2 is 1.70 bits per heavy atom. The molecule has 16 heteroatoms. The maximum absolute atomic E-state index is 14.1. The van der Waals surface area contributed by atoms with Crippen molar-refractivity contribution < 1.29 is 19.5 Å². The molecule has 280 valence electrons. The first kappa shape index (κ1) is 37.9. The van der Waals surface area contributed by atoms with Crippen molar-refractivity contribution in [2.45, 2.75) is 65.3 Å². The summed E-state index contributed by atoms with van der Waals surface area (Å²) in [5, 5.41) is 24.5. The summed E-state index contributed by atoms with van der Waals surface area (Å²) in [5.41, 5.74) is 11.1. The van der Waals surface area contributed by atoms with E-state index in [1.807, 2.05) is 64.4 Å². The van der Waals surface area contributed by atoms with Gasteiger partial charge in [0.15, 0.2) is 11.0 Å². The highest BCUT2D eigenvalue weighted by Gasteiger charge is 2.45. The molecule has 3 amide bonds. The Bertz CT molecular complexity index is 1940. The number of nitrogens with one attached hydrogen (secondary N) is 2. The van der Waals surface area contributed by atoms with E-state index < -0.39 is 35.4 Å². The number of carbonyl (C=O) groups is 3. The number of nitrogens with zero attached hydrogens (tertiary/aromatic N) is 7. The van der Waals surface area contributed by atoms with Gasteiger partial charge in [0.1, 0.15) is 17.9 Å². The lowest BCUT2D eigenvalue weighted by molar-refractivity contribution is -0.142. The Hall–Kier alpha value is -4.86. The summed E-state index contributed by atoms with van der Waals surface area (Å²) in [6.45, 7) is 12.0. The molecule has 1 unspecified atom stereocenters. The third-order valence-electron chi connectivity index (χ3n) is 9.76. The Labute approximate surface area is 317 Å². The fourth-order valence-electron chi connectivity index (χ4n) is 6.74. The molecule has 2 saturated heterocycles. The largest absolute Gasteiger partial charge is 0.391 e. The molecule has 1 aromatic carbocycles. The van der Waals surface area contributed by atoms with Crippen LogP contribution < -0.4 is 26.2 Å². The lowest BCUT2D eigenvalue weighted by Gasteiger charge is -2.37. The van der Waals surface area contributed by atoms with Crippen LogP contribution in [0, 0.1) is 12.3 Å². The van der Waals surface area contributed by atoms with E-state index >= 15 is 0 Å². The van der Waals surface area contributed by atoms with Crippen LogP contribution in [0.2, 0.25) is 5.15 Å². The summed E-state index contributed by atoms with van der Waals surface area (Å²) < 4.78 is 0. The highest BCUT2D eigenvalue weighted by atomic mass is 35.5. The van der Waals surface area contributed by atoms with Gasteiger partial charge in [-0.2, -0.15) is 0 Å². The minimum absolute atomic E-state index is 0.0164. The van der Waals surface area contributed by atoms with Crippen LogP contribution in [0.4, 0.5) is 17.3 Å². The summed E-state index contributed by atoms with van der Waals surface area (Å²) >= 11 is 7.61. The zero-order chi connectivity index (χ0) is 38.0. The van der Waals surface area contributed by atoms with Crippen molar-refractivity contribution in [1.29, 1.82) is 0 Å². The number of amides is 3. The number of aromatic nitrogens is 4. The molecule has 53 heavy (non-hydrogen) atoms. The number of benzene rings is 1. The quantitative estimate of drug-likeness (QED) is 0.195. The van der Waals surface area contributed by atoms with Crippen molar-refractivity contribution in [1.82, 2.24) is 35.7 Å². The molecule has 2 fully saturated rings. The van der Waals surface area contributed by atoms with Crippen molar-refractivity contribution in [2.75, 3.05) is 48.3 Å². The normalized spacial score (nSPS) is 18.8. The number of anilines is 3. The molecule has 0 saturated carbocycles. The van der Waals surface area contributed by atoms with Gasteiger partial charge in [-0.05, 0) is 42.5 Å². The van der Waals surface area contributed by atoms with Gasteiger partial charge in [0.25, 0.3) is 5.91 Å². The molecule has 5 N–H and O–H groups in total. The van der Waals surface area contributed by atoms with Gasteiger partial charge in [0.2, 0.25) is 11.8 Å². The van der Waals surface area contributed by atoms with Crippen LogP contribution in [0.15, 0.2) is 54.2 Å². The number of halogens is 1. The number of rotatable bonds is 9. The summed E-state index contributed by atoms with van der Waals surface area (Å²) in [5.74, 6) is -0.241. The number of aliphatic hydroxyl groups excluding tert-OH is 1. The number of β-amino-alcohol motifs (C(OH)–C–C–N with tert-alkyl or cyclic N) is 1. The van der Waals surface area contributed by atoms with Crippen LogP contribution in [0.1, 0.15) is 61.8 Å². The minimum Gasteiger partial charge on any atom is -0.391 e. The molecule has 5 heterocycles. The Morgan fingerprint density at radius 1 is 1.00 bits per heavy atom. The number of likely N-dealkylation sites (tertiary alicyclic amines) is 1. The van der Waals surface area contributed by atoms with Crippen molar-refractivity contribution >= 4 is 58.0 Å². The van der Waals surface area contributed by atoms with Crippen LogP contribution in [0.5, 0.6) is 0 Å². The predicted octanol–water partition coefficient (Wildman–Crippen LogP) is 3.85. The summed E-state index contributed by atoms with van der Waals surface area (Å²) in [7, 11) is 0. The Balaban J connectivity index is 1.08. The SMILES string of the molecule is Cc1ncsc1-c1ccc([C@H](C)NC(=O)[C@@H]2CC(O)CN2C(=O)[C@@H](NC(=O)c2ccc(N3CCN(c4cc(Cl)nnc4N)CC3)nc2)C(C)(C)C)cc1. The first-order valence-electron chi connectivity index (χ1n) is 17.5. The molecule has 4 aromatic rings. The number of nitrogens with two attached hydrogens (primary N) is 1. The molecule has 3 aromatic heterocycles. The van der Waals surface area contributed by atoms with E-state index in [9.17, 15) is 19.5 Å². The fraction of sp³-hybridized carbons (Fsp3) is 0.432. The van der Waals surface area contributed by atoms with Crippen LogP contribution in [-0.2, 0) is 9.59 Å². The maximum atomic E-state index is 14.1. The van der Waals surface area contributed by atoms with Gasteiger partial charge in [0.05, 0.1) is 39.5 Å². The summed E-state index contributed by atoms with van der Waals surface area (Å²) in [6, 6.07) is 10.9. The van der Waals surface area contributed by atoms with E-state index in [0.29, 0.717) is 43.4 Å². The van der Waals surface area contributed by atoms with Crippen LogP contribution >= 0.6 is 22.9 Å². The van der Waals surface area contributed by atoms with Gasteiger partial charge in [-0.25, -0.2) is 9.97 Å².